The zero-order valence-electron chi connectivity index (χ0n) is 10.8. The molecule has 0 radical (unpaired) electrons. The van der Waals surface area contributed by atoms with Crippen LogP contribution in [0.15, 0.2) is 34.7 Å². The van der Waals surface area contributed by atoms with Gasteiger partial charge in [0.15, 0.2) is 0 Å². The maximum absolute atomic E-state index is 10.8. The van der Waals surface area contributed by atoms with Gasteiger partial charge in [-0.15, -0.1) is 10.2 Å². The van der Waals surface area contributed by atoms with Gasteiger partial charge in [-0.1, -0.05) is 18.2 Å². The highest BCUT2D eigenvalue weighted by Crippen LogP contribution is 2.17. The maximum atomic E-state index is 10.8. The Morgan fingerprint density at radius 1 is 1.37 bits per heavy atom. The van der Waals surface area contributed by atoms with Crippen LogP contribution in [0.1, 0.15) is 12.8 Å². The number of benzene rings is 1. The molecule has 1 atom stereocenters. The van der Waals surface area contributed by atoms with E-state index in [0.29, 0.717) is 18.3 Å². The van der Waals surface area contributed by atoms with Gasteiger partial charge < -0.3 is 9.52 Å². The van der Waals surface area contributed by atoms with Gasteiger partial charge in [-0.3, -0.25) is 9.69 Å². The van der Waals surface area contributed by atoms with E-state index < -0.39 is 12.0 Å². The molecule has 0 aliphatic heterocycles. The minimum Gasteiger partial charge on any atom is -0.480 e. The van der Waals surface area contributed by atoms with Crippen LogP contribution in [0.4, 0.5) is 0 Å². The number of carboxylic acid groups (broad SMARTS) is 1. The van der Waals surface area contributed by atoms with Crippen LogP contribution < -0.4 is 0 Å². The average molecular weight is 261 g/mol. The van der Waals surface area contributed by atoms with Crippen molar-refractivity contribution in [3.05, 3.63) is 36.2 Å². The zero-order chi connectivity index (χ0) is 13.8. The molecule has 0 bridgehead atoms. The fourth-order valence-corrected chi connectivity index (χ4v) is 1.55. The minimum atomic E-state index is -0.884. The molecule has 19 heavy (non-hydrogen) atoms. The first kappa shape index (κ1) is 13.2. The van der Waals surface area contributed by atoms with E-state index in [0.717, 1.165) is 5.56 Å². The summed E-state index contributed by atoms with van der Waals surface area (Å²) in [6, 6.07) is 8.83. The lowest BCUT2D eigenvalue weighted by atomic mass is 10.2. The van der Waals surface area contributed by atoms with E-state index in [1.54, 1.807) is 18.9 Å². The van der Waals surface area contributed by atoms with Crippen molar-refractivity contribution in [3.63, 3.8) is 0 Å². The third kappa shape index (κ3) is 3.17. The number of hydrogen-bond donors (Lipinski definition) is 1. The predicted molar refractivity (Wildman–Crippen MR) is 68.3 cm³/mol. The summed E-state index contributed by atoms with van der Waals surface area (Å²) in [7, 11) is 1.70. The molecule has 2 aromatic rings. The number of hydrogen-bond acceptors (Lipinski definition) is 5. The third-order valence-electron chi connectivity index (χ3n) is 2.89. The molecular formula is C13H15N3O3. The SMILES string of the molecule is CC(C(=O)O)N(C)Cc1nnc(-c2ccccc2)o1. The molecule has 0 amide bonds. The molecule has 0 spiro atoms. The normalized spacial score (nSPS) is 12.6. The second-order valence-corrected chi connectivity index (χ2v) is 4.30. The summed E-state index contributed by atoms with van der Waals surface area (Å²) in [5, 5.41) is 16.8. The monoisotopic (exact) mass is 261 g/mol. The van der Waals surface area contributed by atoms with E-state index in [1.165, 1.54) is 0 Å². The van der Waals surface area contributed by atoms with E-state index in [9.17, 15) is 4.79 Å². The standard InChI is InChI=1S/C13H15N3O3/c1-9(13(17)18)16(2)8-11-14-15-12(19-11)10-6-4-3-5-7-10/h3-7,9H,8H2,1-2H3,(H,17,18). The molecule has 1 aromatic carbocycles. The van der Waals surface area contributed by atoms with Crippen LogP contribution in [0.5, 0.6) is 0 Å². The average Bonchev–Trinajstić information content (AvgIpc) is 2.87. The van der Waals surface area contributed by atoms with E-state index >= 15 is 0 Å². The molecule has 2 rings (SSSR count). The molecule has 0 saturated carbocycles. The van der Waals surface area contributed by atoms with Gasteiger partial charge >= 0.3 is 5.97 Å². The van der Waals surface area contributed by atoms with E-state index in [4.69, 9.17) is 9.52 Å². The maximum Gasteiger partial charge on any atom is 0.320 e. The van der Waals surface area contributed by atoms with Gasteiger partial charge in [0.05, 0.1) is 6.54 Å². The Bertz CT molecular complexity index is 553. The quantitative estimate of drug-likeness (QED) is 0.881. The number of aliphatic carboxylic acids is 1. The number of nitrogens with zero attached hydrogens (tertiary/aromatic N) is 3. The summed E-state index contributed by atoms with van der Waals surface area (Å²) in [5.41, 5.74) is 0.843. The Labute approximate surface area is 110 Å². The van der Waals surface area contributed by atoms with Crippen molar-refractivity contribution < 1.29 is 14.3 Å². The number of likely N-dealkylation sites (N-methyl/N-ethyl adjacent to an activating group) is 1. The largest absolute Gasteiger partial charge is 0.480 e. The number of carbonyl (C=O) groups is 1. The fourth-order valence-electron chi connectivity index (χ4n) is 1.55. The molecule has 1 unspecified atom stereocenters. The third-order valence-corrected chi connectivity index (χ3v) is 2.89. The van der Waals surface area contributed by atoms with E-state index in [-0.39, 0.29) is 0 Å². The Morgan fingerprint density at radius 2 is 2.05 bits per heavy atom. The summed E-state index contributed by atoms with van der Waals surface area (Å²) >= 11 is 0. The molecule has 1 heterocycles. The first-order valence-electron chi connectivity index (χ1n) is 5.89. The smallest absolute Gasteiger partial charge is 0.320 e. The second-order valence-electron chi connectivity index (χ2n) is 4.30. The summed E-state index contributed by atoms with van der Waals surface area (Å²) < 4.78 is 5.51. The molecule has 1 aromatic heterocycles. The van der Waals surface area contributed by atoms with E-state index in [1.807, 2.05) is 30.3 Å². The first-order chi connectivity index (χ1) is 9.08. The van der Waals surface area contributed by atoms with Gasteiger partial charge in [0.1, 0.15) is 6.04 Å². The van der Waals surface area contributed by atoms with Gasteiger partial charge in [0.2, 0.25) is 11.8 Å². The number of carboxylic acids is 1. The molecule has 0 aliphatic carbocycles. The van der Waals surface area contributed by atoms with Gasteiger partial charge in [-0.05, 0) is 26.1 Å². The van der Waals surface area contributed by atoms with Crippen molar-refractivity contribution in [2.45, 2.75) is 19.5 Å². The highest BCUT2D eigenvalue weighted by atomic mass is 16.4. The van der Waals surface area contributed by atoms with Crippen LogP contribution in [-0.4, -0.2) is 39.3 Å². The Morgan fingerprint density at radius 3 is 2.68 bits per heavy atom. The summed E-state index contributed by atoms with van der Waals surface area (Å²) in [6.07, 6.45) is 0. The van der Waals surface area contributed by atoms with Crippen LogP contribution in [-0.2, 0) is 11.3 Å². The number of rotatable bonds is 5. The Kier molecular flexibility index (Phi) is 3.91. The van der Waals surface area contributed by atoms with Gasteiger partial charge in [-0.25, -0.2) is 0 Å². The van der Waals surface area contributed by atoms with Crippen molar-refractivity contribution in [2.75, 3.05) is 7.05 Å². The van der Waals surface area contributed by atoms with Crippen LogP contribution in [0.2, 0.25) is 0 Å². The van der Waals surface area contributed by atoms with Crippen molar-refractivity contribution in [3.8, 4) is 11.5 Å². The lowest BCUT2D eigenvalue weighted by Crippen LogP contribution is -2.35. The lowest BCUT2D eigenvalue weighted by Gasteiger charge is -2.18. The van der Waals surface area contributed by atoms with Gasteiger partial charge in [0, 0.05) is 5.56 Å². The second kappa shape index (κ2) is 5.62. The van der Waals surface area contributed by atoms with Crippen LogP contribution in [0, 0.1) is 0 Å². The Hall–Kier alpha value is -2.21. The molecule has 0 aliphatic rings. The molecule has 0 saturated heterocycles. The lowest BCUT2D eigenvalue weighted by molar-refractivity contribution is -0.142. The Balaban J connectivity index is 2.08. The molecule has 0 fully saturated rings. The highest BCUT2D eigenvalue weighted by Gasteiger charge is 2.19. The summed E-state index contributed by atoms with van der Waals surface area (Å²) in [4.78, 5) is 12.5. The topological polar surface area (TPSA) is 79.5 Å². The number of aromatic nitrogens is 2. The molecule has 100 valence electrons. The molecule has 6 nitrogen and oxygen atoms in total. The van der Waals surface area contributed by atoms with Crippen LogP contribution in [0.3, 0.4) is 0 Å². The molecular weight excluding hydrogens is 246 g/mol. The van der Waals surface area contributed by atoms with Crippen LogP contribution >= 0.6 is 0 Å². The minimum absolute atomic E-state index is 0.299. The van der Waals surface area contributed by atoms with Crippen LogP contribution in [0.25, 0.3) is 11.5 Å². The van der Waals surface area contributed by atoms with Crippen molar-refractivity contribution in [1.82, 2.24) is 15.1 Å². The highest BCUT2D eigenvalue weighted by molar-refractivity contribution is 5.72. The van der Waals surface area contributed by atoms with Crippen molar-refractivity contribution >= 4 is 5.97 Å². The predicted octanol–water partition coefficient (Wildman–Crippen LogP) is 1.64. The van der Waals surface area contributed by atoms with Gasteiger partial charge in [-0.2, -0.15) is 0 Å². The summed E-state index contributed by atoms with van der Waals surface area (Å²) in [5.74, 6) is -0.0493. The molecule has 6 heteroatoms. The van der Waals surface area contributed by atoms with Crippen molar-refractivity contribution in [1.29, 1.82) is 0 Å². The van der Waals surface area contributed by atoms with E-state index in [2.05, 4.69) is 10.2 Å². The zero-order valence-corrected chi connectivity index (χ0v) is 10.8. The fraction of sp³-hybridized carbons (Fsp3) is 0.308. The first-order valence-corrected chi connectivity index (χ1v) is 5.89. The summed E-state index contributed by atoms with van der Waals surface area (Å²) in [6.45, 7) is 1.91. The van der Waals surface area contributed by atoms with Gasteiger partial charge in [0.25, 0.3) is 0 Å². The van der Waals surface area contributed by atoms with Crippen molar-refractivity contribution in [2.24, 2.45) is 0 Å². The molecule has 1 N–H and O–H groups in total.